The first-order valence-electron chi connectivity index (χ1n) is 9.91. The van der Waals surface area contributed by atoms with E-state index in [1.54, 1.807) is 31.3 Å². The van der Waals surface area contributed by atoms with Crippen LogP contribution in [-0.4, -0.2) is 24.8 Å². The summed E-state index contributed by atoms with van der Waals surface area (Å²) in [4.78, 5) is 35.5. The average Bonchev–Trinajstić information content (AvgIpc) is 2.73. The van der Waals surface area contributed by atoms with Crippen LogP contribution in [0.4, 0.5) is 11.4 Å². The van der Waals surface area contributed by atoms with Gasteiger partial charge in [-0.15, -0.1) is 0 Å². The Labute approximate surface area is 181 Å². The first-order valence-corrected chi connectivity index (χ1v) is 9.91. The second kappa shape index (κ2) is 9.26. The van der Waals surface area contributed by atoms with Gasteiger partial charge in [-0.05, 0) is 84.6 Å². The Hall–Kier alpha value is -3.93. The van der Waals surface area contributed by atoms with Crippen molar-refractivity contribution in [2.75, 3.05) is 17.7 Å². The Morgan fingerprint density at radius 1 is 0.645 bits per heavy atom. The maximum atomic E-state index is 12.6. The van der Waals surface area contributed by atoms with Gasteiger partial charge < -0.3 is 16.0 Å². The smallest absolute Gasteiger partial charge is 0.255 e. The highest BCUT2D eigenvalue weighted by Crippen LogP contribution is 2.30. The standard InChI is InChI=1S/C25H25N3O3/c1-15-13-20(27-17(3)29)9-11-22(15)23-12-10-21(14-16(23)2)28-25(31)19-7-5-18(6-8-19)24(30)26-4/h5-14H,1-4H3,(H,26,30)(H,27,29)(H,28,31). The fourth-order valence-electron chi connectivity index (χ4n) is 3.41. The van der Waals surface area contributed by atoms with E-state index in [1.165, 1.54) is 6.92 Å². The molecule has 0 aliphatic heterocycles. The molecule has 0 unspecified atom stereocenters. The Morgan fingerprint density at radius 3 is 1.52 bits per heavy atom. The number of hydrogen-bond acceptors (Lipinski definition) is 3. The van der Waals surface area contributed by atoms with E-state index in [2.05, 4.69) is 16.0 Å². The quantitative estimate of drug-likeness (QED) is 0.572. The highest BCUT2D eigenvalue weighted by Gasteiger charge is 2.11. The second-order valence-electron chi connectivity index (χ2n) is 7.35. The van der Waals surface area contributed by atoms with Gasteiger partial charge in [0.25, 0.3) is 11.8 Å². The lowest BCUT2D eigenvalue weighted by Gasteiger charge is -2.13. The molecule has 6 nitrogen and oxygen atoms in total. The Bertz CT molecular complexity index is 1150. The molecule has 158 valence electrons. The third-order valence-electron chi connectivity index (χ3n) is 4.96. The topological polar surface area (TPSA) is 87.3 Å². The fraction of sp³-hybridized carbons (Fsp3) is 0.160. The first-order chi connectivity index (χ1) is 14.8. The molecule has 3 N–H and O–H groups in total. The molecule has 0 saturated carbocycles. The molecule has 0 saturated heterocycles. The van der Waals surface area contributed by atoms with Crippen LogP contribution in [0.25, 0.3) is 11.1 Å². The van der Waals surface area contributed by atoms with Crippen molar-refractivity contribution in [1.82, 2.24) is 5.32 Å². The van der Waals surface area contributed by atoms with Gasteiger partial charge in [0.15, 0.2) is 0 Å². The number of hydrogen-bond donors (Lipinski definition) is 3. The van der Waals surface area contributed by atoms with Crippen LogP contribution in [-0.2, 0) is 4.79 Å². The van der Waals surface area contributed by atoms with Crippen molar-refractivity contribution in [2.24, 2.45) is 0 Å². The zero-order valence-corrected chi connectivity index (χ0v) is 18.0. The molecule has 31 heavy (non-hydrogen) atoms. The number of aryl methyl sites for hydroxylation is 2. The Balaban J connectivity index is 1.77. The van der Waals surface area contributed by atoms with E-state index in [4.69, 9.17) is 0 Å². The minimum Gasteiger partial charge on any atom is -0.355 e. The molecule has 3 amide bonds. The van der Waals surface area contributed by atoms with Gasteiger partial charge in [-0.1, -0.05) is 12.1 Å². The molecule has 0 aliphatic rings. The summed E-state index contributed by atoms with van der Waals surface area (Å²) in [6.07, 6.45) is 0. The van der Waals surface area contributed by atoms with E-state index >= 15 is 0 Å². The molecular weight excluding hydrogens is 390 g/mol. The number of amides is 3. The fourth-order valence-corrected chi connectivity index (χ4v) is 3.41. The molecule has 0 bridgehead atoms. The summed E-state index contributed by atoms with van der Waals surface area (Å²) < 4.78 is 0. The summed E-state index contributed by atoms with van der Waals surface area (Å²) in [6.45, 7) is 5.47. The van der Waals surface area contributed by atoms with Crippen molar-refractivity contribution in [1.29, 1.82) is 0 Å². The van der Waals surface area contributed by atoms with Crippen molar-refractivity contribution in [2.45, 2.75) is 20.8 Å². The van der Waals surface area contributed by atoms with E-state index in [0.717, 1.165) is 27.9 Å². The molecule has 0 radical (unpaired) electrons. The molecule has 3 rings (SSSR count). The van der Waals surface area contributed by atoms with Gasteiger partial charge in [0.05, 0.1) is 0 Å². The van der Waals surface area contributed by atoms with E-state index < -0.39 is 0 Å². The number of anilines is 2. The number of carbonyl (C=O) groups excluding carboxylic acids is 3. The largest absolute Gasteiger partial charge is 0.355 e. The lowest BCUT2D eigenvalue weighted by Crippen LogP contribution is -2.18. The van der Waals surface area contributed by atoms with Gasteiger partial charge in [-0.3, -0.25) is 14.4 Å². The van der Waals surface area contributed by atoms with Crippen LogP contribution in [0.3, 0.4) is 0 Å². The lowest BCUT2D eigenvalue weighted by atomic mass is 9.95. The van der Waals surface area contributed by atoms with E-state index in [-0.39, 0.29) is 17.7 Å². The van der Waals surface area contributed by atoms with Gasteiger partial charge in [-0.25, -0.2) is 0 Å². The van der Waals surface area contributed by atoms with Gasteiger partial charge in [0.2, 0.25) is 5.91 Å². The molecule has 0 aliphatic carbocycles. The van der Waals surface area contributed by atoms with E-state index in [0.29, 0.717) is 16.8 Å². The van der Waals surface area contributed by atoms with Crippen LogP contribution >= 0.6 is 0 Å². The molecule has 3 aromatic carbocycles. The van der Waals surface area contributed by atoms with Crippen molar-refractivity contribution in [3.63, 3.8) is 0 Å². The van der Waals surface area contributed by atoms with Crippen molar-refractivity contribution in [3.8, 4) is 11.1 Å². The van der Waals surface area contributed by atoms with Crippen molar-refractivity contribution >= 4 is 29.1 Å². The van der Waals surface area contributed by atoms with Crippen LogP contribution in [0, 0.1) is 13.8 Å². The monoisotopic (exact) mass is 415 g/mol. The van der Waals surface area contributed by atoms with Crippen molar-refractivity contribution < 1.29 is 14.4 Å². The van der Waals surface area contributed by atoms with E-state index in [1.807, 2.05) is 50.2 Å². The molecule has 0 spiro atoms. The number of benzene rings is 3. The molecule has 0 atom stereocenters. The third kappa shape index (κ3) is 5.17. The van der Waals surface area contributed by atoms with Crippen LogP contribution in [0.5, 0.6) is 0 Å². The minimum absolute atomic E-state index is 0.105. The normalized spacial score (nSPS) is 10.3. The number of carbonyl (C=O) groups is 3. The zero-order valence-electron chi connectivity index (χ0n) is 18.0. The average molecular weight is 415 g/mol. The van der Waals surface area contributed by atoms with Gasteiger partial charge in [0.1, 0.15) is 0 Å². The summed E-state index contributed by atoms with van der Waals surface area (Å²) in [5.41, 5.74) is 6.60. The molecule has 0 fully saturated rings. The molecule has 0 heterocycles. The zero-order chi connectivity index (χ0) is 22.5. The Morgan fingerprint density at radius 2 is 1.10 bits per heavy atom. The number of rotatable bonds is 5. The van der Waals surface area contributed by atoms with E-state index in [9.17, 15) is 14.4 Å². The third-order valence-corrected chi connectivity index (χ3v) is 4.96. The summed E-state index contributed by atoms with van der Waals surface area (Å²) in [7, 11) is 1.56. The van der Waals surface area contributed by atoms with Gasteiger partial charge >= 0.3 is 0 Å². The predicted molar refractivity (Wildman–Crippen MR) is 123 cm³/mol. The summed E-state index contributed by atoms with van der Waals surface area (Å²) in [5, 5.41) is 8.24. The number of nitrogens with one attached hydrogen (secondary N) is 3. The van der Waals surface area contributed by atoms with Crippen LogP contribution in [0.1, 0.15) is 38.8 Å². The minimum atomic E-state index is -0.244. The molecular formula is C25H25N3O3. The van der Waals surface area contributed by atoms with Gasteiger partial charge in [0, 0.05) is 36.5 Å². The summed E-state index contributed by atoms with van der Waals surface area (Å²) in [6, 6.07) is 18.0. The highest BCUT2D eigenvalue weighted by atomic mass is 16.2. The predicted octanol–water partition coefficient (Wildman–Crippen LogP) is 4.54. The summed E-state index contributed by atoms with van der Waals surface area (Å²) >= 11 is 0. The molecule has 0 aromatic heterocycles. The van der Waals surface area contributed by atoms with Gasteiger partial charge in [-0.2, -0.15) is 0 Å². The maximum absolute atomic E-state index is 12.6. The van der Waals surface area contributed by atoms with Crippen LogP contribution in [0.15, 0.2) is 60.7 Å². The van der Waals surface area contributed by atoms with Crippen LogP contribution in [0.2, 0.25) is 0 Å². The maximum Gasteiger partial charge on any atom is 0.255 e. The second-order valence-corrected chi connectivity index (χ2v) is 7.35. The highest BCUT2D eigenvalue weighted by molar-refractivity contribution is 6.05. The lowest BCUT2D eigenvalue weighted by molar-refractivity contribution is -0.114. The first kappa shape index (κ1) is 21.8. The molecule has 3 aromatic rings. The Kier molecular flexibility index (Phi) is 6.50. The van der Waals surface area contributed by atoms with Crippen molar-refractivity contribution in [3.05, 3.63) is 82.9 Å². The summed E-state index contributed by atoms with van der Waals surface area (Å²) in [5.74, 6) is -0.545. The SMILES string of the molecule is CNC(=O)c1ccc(C(=O)Nc2ccc(-c3ccc(NC(C)=O)cc3C)c(C)c2)cc1. The molecule has 6 heteroatoms. The van der Waals surface area contributed by atoms with Crippen LogP contribution < -0.4 is 16.0 Å².